The number of hydrogen-bond donors (Lipinski definition) is 1. The molecule has 2 amide bonds. The van der Waals surface area contributed by atoms with Crippen LogP contribution in [0.2, 0.25) is 0 Å². The molecule has 2 heterocycles. The Morgan fingerprint density at radius 2 is 1.89 bits per heavy atom. The first-order valence-corrected chi connectivity index (χ1v) is 9.69. The molecule has 0 bridgehead atoms. The van der Waals surface area contributed by atoms with Gasteiger partial charge < -0.3 is 19.9 Å². The van der Waals surface area contributed by atoms with E-state index in [1.807, 2.05) is 29.2 Å². The molecule has 0 aromatic heterocycles. The van der Waals surface area contributed by atoms with E-state index in [2.05, 4.69) is 12.2 Å². The molecule has 0 aliphatic carbocycles. The van der Waals surface area contributed by atoms with E-state index in [-0.39, 0.29) is 30.8 Å². The molecular formula is C20H30ClN3O3. The molecule has 0 saturated carbocycles. The average molecular weight is 396 g/mol. The van der Waals surface area contributed by atoms with Crippen LogP contribution in [0.3, 0.4) is 0 Å². The van der Waals surface area contributed by atoms with E-state index < -0.39 is 0 Å². The first kappa shape index (κ1) is 21.5. The molecular weight excluding hydrogens is 366 g/mol. The molecule has 2 aliphatic heterocycles. The predicted molar refractivity (Wildman–Crippen MR) is 109 cm³/mol. The van der Waals surface area contributed by atoms with Crippen LogP contribution in [0.5, 0.6) is 5.75 Å². The van der Waals surface area contributed by atoms with Crippen LogP contribution in [-0.2, 0) is 9.59 Å². The summed E-state index contributed by atoms with van der Waals surface area (Å²) >= 11 is 0. The van der Waals surface area contributed by atoms with E-state index in [1.54, 1.807) is 4.90 Å². The second-order valence-corrected chi connectivity index (χ2v) is 7.06. The Hall–Kier alpha value is -1.79. The van der Waals surface area contributed by atoms with Gasteiger partial charge in [0.1, 0.15) is 5.75 Å². The van der Waals surface area contributed by atoms with E-state index in [1.165, 1.54) is 0 Å². The van der Waals surface area contributed by atoms with E-state index in [0.717, 1.165) is 57.7 Å². The fraction of sp³-hybridized carbons (Fsp3) is 0.600. The third-order valence-electron chi connectivity index (χ3n) is 5.23. The summed E-state index contributed by atoms with van der Waals surface area (Å²) in [7, 11) is 0. The lowest BCUT2D eigenvalue weighted by atomic mass is 9.97. The van der Waals surface area contributed by atoms with E-state index >= 15 is 0 Å². The molecule has 6 nitrogen and oxygen atoms in total. The third-order valence-corrected chi connectivity index (χ3v) is 5.23. The quantitative estimate of drug-likeness (QED) is 0.770. The number of amides is 2. The van der Waals surface area contributed by atoms with Crippen molar-refractivity contribution in [2.45, 2.75) is 32.6 Å². The molecule has 1 aromatic carbocycles. The highest BCUT2D eigenvalue weighted by atomic mass is 35.5. The molecule has 2 aliphatic rings. The van der Waals surface area contributed by atoms with Crippen LogP contribution in [0.1, 0.15) is 32.6 Å². The predicted octanol–water partition coefficient (Wildman–Crippen LogP) is 2.46. The zero-order valence-electron chi connectivity index (χ0n) is 16.0. The number of halogens is 1. The smallest absolute Gasteiger partial charge is 0.260 e. The van der Waals surface area contributed by atoms with Gasteiger partial charge in [-0.05, 0) is 62.5 Å². The van der Waals surface area contributed by atoms with Crippen LogP contribution in [0.25, 0.3) is 0 Å². The topological polar surface area (TPSA) is 61.9 Å². The lowest BCUT2D eigenvalue weighted by molar-refractivity contribution is -0.134. The van der Waals surface area contributed by atoms with Crippen molar-refractivity contribution in [2.75, 3.05) is 44.2 Å². The number of likely N-dealkylation sites (tertiary alicyclic amines) is 1. The van der Waals surface area contributed by atoms with Crippen molar-refractivity contribution in [1.82, 2.24) is 10.2 Å². The van der Waals surface area contributed by atoms with Crippen molar-refractivity contribution in [3.63, 3.8) is 0 Å². The highest BCUT2D eigenvalue weighted by Gasteiger charge is 2.23. The normalized spacial score (nSPS) is 17.7. The average Bonchev–Trinajstić information content (AvgIpc) is 3.11. The summed E-state index contributed by atoms with van der Waals surface area (Å²) < 4.78 is 5.65. The summed E-state index contributed by atoms with van der Waals surface area (Å²) in [6, 6.07) is 7.43. The first-order valence-electron chi connectivity index (χ1n) is 9.69. The van der Waals surface area contributed by atoms with Gasteiger partial charge in [-0.1, -0.05) is 6.92 Å². The number of carbonyl (C=O) groups excluding carboxylic acids is 2. The van der Waals surface area contributed by atoms with E-state index in [0.29, 0.717) is 18.1 Å². The zero-order chi connectivity index (χ0) is 18.4. The Morgan fingerprint density at radius 1 is 1.19 bits per heavy atom. The van der Waals surface area contributed by atoms with E-state index in [9.17, 15) is 9.59 Å². The molecule has 150 valence electrons. The van der Waals surface area contributed by atoms with Crippen LogP contribution >= 0.6 is 12.4 Å². The van der Waals surface area contributed by atoms with Crippen molar-refractivity contribution >= 4 is 29.9 Å². The fourth-order valence-electron chi connectivity index (χ4n) is 3.61. The van der Waals surface area contributed by atoms with Crippen molar-refractivity contribution < 1.29 is 14.3 Å². The van der Waals surface area contributed by atoms with Gasteiger partial charge in [-0.3, -0.25) is 9.59 Å². The molecule has 0 unspecified atom stereocenters. The maximum atomic E-state index is 12.3. The molecule has 3 rings (SSSR count). The highest BCUT2D eigenvalue weighted by Crippen LogP contribution is 2.24. The fourth-order valence-corrected chi connectivity index (χ4v) is 3.61. The van der Waals surface area contributed by atoms with Crippen molar-refractivity contribution in [1.29, 1.82) is 0 Å². The Bertz CT molecular complexity index is 615. The summed E-state index contributed by atoms with van der Waals surface area (Å²) in [4.78, 5) is 27.8. The maximum absolute atomic E-state index is 12.3. The van der Waals surface area contributed by atoms with Crippen molar-refractivity contribution in [3.05, 3.63) is 24.3 Å². The van der Waals surface area contributed by atoms with Crippen molar-refractivity contribution in [2.24, 2.45) is 5.92 Å². The number of piperidine rings is 1. The standard InChI is InChI=1S/C20H29N3O3.ClH/c1-2-21-14-16-9-12-22(13-10-16)20(25)15-26-18-7-5-17(6-8-18)23-11-3-4-19(23)24;/h5-8,16,21H,2-4,9-15H2,1H3;1H. The minimum absolute atomic E-state index is 0. The Labute approximate surface area is 167 Å². The molecule has 2 saturated heterocycles. The van der Waals surface area contributed by atoms with Crippen LogP contribution < -0.4 is 15.0 Å². The number of hydrogen-bond acceptors (Lipinski definition) is 4. The van der Waals surface area contributed by atoms with Gasteiger partial charge in [0.25, 0.3) is 5.91 Å². The minimum atomic E-state index is 0. The first-order chi connectivity index (χ1) is 12.7. The van der Waals surface area contributed by atoms with Gasteiger partial charge in [-0.15, -0.1) is 12.4 Å². The summed E-state index contributed by atoms with van der Waals surface area (Å²) in [5.41, 5.74) is 0.897. The lowest BCUT2D eigenvalue weighted by Gasteiger charge is -2.32. The van der Waals surface area contributed by atoms with Gasteiger partial charge in [0.05, 0.1) is 0 Å². The Balaban J connectivity index is 0.00000261. The number of nitrogens with one attached hydrogen (secondary N) is 1. The second kappa shape index (κ2) is 10.5. The molecule has 2 fully saturated rings. The van der Waals surface area contributed by atoms with E-state index in [4.69, 9.17) is 4.74 Å². The van der Waals surface area contributed by atoms with Gasteiger partial charge in [0.15, 0.2) is 6.61 Å². The summed E-state index contributed by atoms with van der Waals surface area (Å²) in [5.74, 6) is 1.55. The number of carbonyl (C=O) groups is 2. The molecule has 0 atom stereocenters. The minimum Gasteiger partial charge on any atom is -0.484 e. The molecule has 0 radical (unpaired) electrons. The molecule has 0 spiro atoms. The monoisotopic (exact) mass is 395 g/mol. The number of benzene rings is 1. The van der Waals surface area contributed by atoms with Crippen molar-refractivity contribution in [3.8, 4) is 5.75 Å². The molecule has 1 aromatic rings. The summed E-state index contributed by atoms with van der Waals surface area (Å²) in [5, 5.41) is 3.38. The zero-order valence-corrected chi connectivity index (χ0v) is 16.8. The number of rotatable bonds is 7. The van der Waals surface area contributed by atoms with Crippen LogP contribution in [-0.4, -0.2) is 56.0 Å². The number of ether oxygens (including phenoxy) is 1. The van der Waals surface area contributed by atoms with Crippen LogP contribution in [0, 0.1) is 5.92 Å². The van der Waals surface area contributed by atoms with Crippen LogP contribution in [0.4, 0.5) is 5.69 Å². The molecule has 27 heavy (non-hydrogen) atoms. The molecule has 7 heteroatoms. The largest absolute Gasteiger partial charge is 0.484 e. The number of anilines is 1. The van der Waals surface area contributed by atoms with Gasteiger partial charge >= 0.3 is 0 Å². The Kier molecular flexibility index (Phi) is 8.38. The Morgan fingerprint density at radius 3 is 2.48 bits per heavy atom. The van der Waals surface area contributed by atoms with Gasteiger partial charge in [-0.25, -0.2) is 0 Å². The third kappa shape index (κ3) is 5.84. The second-order valence-electron chi connectivity index (χ2n) is 7.06. The summed E-state index contributed by atoms with van der Waals surface area (Å²) in [6.45, 7) is 6.63. The highest BCUT2D eigenvalue weighted by molar-refractivity contribution is 5.95. The van der Waals surface area contributed by atoms with Crippen LogP contribution in [0.15, 0.2) is 24.3 Å². The van der Waals surface area contributed by atoms with Gasteiger partial charge in [0.2, 0.25) is 5.91 Å². The lowest BCUT2D eigenvalue weighted by Crippen LogP contribution is -2.42. The summed E-state index contributed by atoms with van der Waals surface area (Å²) in [6.07, 6.45) is 3.64. The number of nitrogens with zero attached hydrogens (tertiary/aromatic N) is 2. The maximum Gasteiger partial charge on any atom is 0.260 e. The SMILES string of the molecule is CCNCC1CCN(C(=O)COc2ccc(N3CCCC3=O)cc2)CC1.Cl. The van der Waals surface area contributed by atoms with Gasteiger partial charge in [0, 0.05) is 31.7 Å². The van der Waals surface area contributed by atoms with Gasteiger partial charge in [-0.2, -0.15) is 0 Å². The molecule has 1 N–H and O–H groups in total.